The molecule has 0 saturated heterocycles. The average molecular weight is 264 g/mol. The molecule has 2 aromatic rings. The Morgan fingerprint density at radius 2 is 2.18 bits per heavy atom. The molecular formula is C14H14ClNS. The van der Waals surface area contributed by atoms with Crippen LogP contribution < -0.4 is 5.32 Å². The maximum absolute atomic E-state index is 6.16. The summed E-state index contributed by atoms with van der Waals surface area (Å²) in [6, 6.07) is 11.3. The normalized spacial score (nSPS) is 15.1. The van der Waals surface area contributed by atoms with Gasteiger partial charge >= 0.3 is 0 Å². The highest BCUT2D eigenvalue weighted by atomic mass is 35.5. The van der Waals surface area contributed by atoms with Gasteiger partial charge in [0, 0.05) is 12.6 Å². The standard InChI is InChI=1S/C14H14ClNS/c15-13-6-7-17-14(13)11-3-1-2-10(8-11)9-16-12-4-5-12/h1-3,6-8,12,16H,4-5,9H2. The van der Waals surface area contributed by atoms with Gasteiger partial charge < -0.3 is 5.32 Å². The first kappa shape index (κ1) is 11.3. The van der Waals surface area contributed by atoms with E-state index in [0.29, 0.717) is 0 Å². The number of nitrogens with one attached hydrogen (secondary N) is 1. The third-order valence-electron chi connectivity index (χ3n) is 2.98. The molecular weight excluding hydrogens is 250 g/mol. The van der Waals surface area contributed by atoms with E-state index in [0.717, 1.165) is 17.6 Å². The summed E-state index contributed by atoms with van der Waals surface area (Å²) >= 11 is 7.85. The van der Waals surface area contributed by atoms with Crippen molar-refractivity contribution in [1.29, 1.82) is 0 Å². The Morgan fingerprint density at radius 1 is 1.29 bits per heavy atom. The van der Waals surface area contributed by atoms with E-state index < -0.39 is 0 Å². The number of hydrogen-bond acceptors (Lipinski definition) is 2. The van der Waals surface area contributed by atoms with E-state index >= 15 is 0 Å². The number of halogens is 1. The third-order valence-corrected chi connectivity index (χ3v) is 4.37. The van der Waals surface area contributed by atoms with Crippen molar-refractivity contribution in [2.75, 3.05) is 0 Å². The van der Waals surface area contributed by atoms with Crippen molar-refractivity contribution < 1.29 is 0 Å². The van der Waals surface area contributed by atoms with Crippen molar-refractivity contribution in [2.24, 2.45) is 0 Å². The van der Waals surface area contributed by atoms with Gasteiger partial charge in [0.05, 0.1) is 9.90 Å². The van der Waals surface area contributed by atoms with Gasteiger partial charge in [0.25, 0.3) is 0 Å². The van der Waals surface area contributed by atoms with Crippen LogP contribution in [0.5, 0.6) is 0 Å². The minimum atomic E-state index is 0.754. The molecule has 3 rings (SSSR count). The first-order valence-electron chi connectivity index (χ1n) is 5.88. The third kappa shape index (κ3) is 2.71. The molecule has 17 heavy (non-hydrogen) atoms. The molecule has 0 spiro atoms. The maximum atomic E-state index is 6.16. The van der Waals surface area contributed by atoms with Crippen LogP contribution in [-0.2, 0) is 6.54 Å². The molecule has 1 nitrogen and oxygen atoms in total. The molecule has 88 valence electrons. The minimum Gasteiger partial charge on any atom is -0.310 e. The quantitative estimate of drug-likeness (QED) is 0.866. The Kier molecular flexibility index (Phi) is 3.19. The molecule has 0 bridgehead atoms. The number of rotatable bonds is 4. The predicted octanol–water partition coefficient (Wildman–Crippen LogP) is 4.32. The van der Waals surface area contributed by atoms with Crippen molar-refractivity contribution in [3.63, 3.8) is 0 Å². The first-order chi connectivity index (χ1) is 8.33. The van der Waals surface area contributed by atoms with Gasteiger partial charge in [-0.3, -0.25) is 0 Å². The Labute approximate surface area is 110 Å². The largest absolute Gasteiger partial charge is 0.310 e. The summed E-state index contributed by atoms with van der Waals surface area (Å²) in [7, 11) is 0. The van der Waals surface area contributed by atoms with Gasteiger partial charge in [-0.25, -0.2) is 0 Å². The summed E-state index contributed by atoms with van der Waals surface area (Å²) in [6.45, 7) is 0.960. The van der Waals surface area contributed by atoms with E-state index in [-0.39, 0.29) is 0 Å². The molecule has 0 radical (unpaired) electrons. The molecule has 0 amide bonds. The van der Waals surface area contributed by atoms with E-state index in [1.807, 2.05) is 11.4 Å². The fourth-order valence-electron chi connectivity index (χ4n) is 1.87. The lowest BCUT2D eigenvalue weighted by Crippen LogP contribution is -2.15. The van der Waals surface area contributed by atoms with Crippen molar-refractivity contribution >= 4 is 22.9 Å². The van der Waals surface area contributed by atoms with E-state index in [2.05, 4.69) is 29.6 Å². The summed E-state index contributed by atoms with van der Waals surface area (Å²) in [4.78, 5) is 1.17. The zero-order valence-corrected chi connectivity index (χ0v) is 11.0. The van der Waals surface area contributed by atoms with Crippen molar-refractivity contribution in [3.05, 3.63) is 46.3 Å². The van der Waals surface area contributed by atoms with Crippen LogP contribution in [0.15, 0.2) is 35.7 Å². The highest BCUT2D eigenvalue weighted by Crippen LogP contribution is 2.33. The van der Waals surface area contributed by atoms with Crippen molar-refractivity contribution in [1.82, 2.24) is 5.32 Å². The summed E-state index contributed by atoms with van der Waals surface area (Å²) in [6.07, 6.45) is 2.66. The number of benzene rings is 1. The van der Waals surface area contributed by atoms with Gasteiger partial charge in [-0.15, -0.1) is 11.3 Å². The van der Waals surface area contributed by atoms with Crippen LogP contribution in [0.4, 0.5) is 0 Å². The Hall–Kier alpha value is -0.830. The van der Waals surface area contributed by atoms with Crippen LogP contribution in [0.3, 0.4) is 0 Å². The second-order valence-corrected chi connectivity index (χ2v) is 5.78. The summed E-state index contributed by atoms with van der Waals surface area (Å²) in [5.74, 6) is 0. The lowest BCUT2D eigenvalue weighted by atomic mass is 10.1. The van der Waals surface area contributed by atoms with E-state index in [1.54, 1.807) is 11.3 Å². The van der Waals surface area contributed by atoms with Gasteiger partial charge in [0.2, 0.25) is 0 Å². The van der Waals surface area contributed by atoms with Crippen LogP contribution in [0.2, 0.25) is 5.02 Å². The summed E-state index contributed by atoms with van der Waals surface area (Å²) in [5.41, 5.74) is 2.55. The van der Waals surface area contributed by atoms with E-state index in [1.165, 1.54) is 28.8 Å². The number of thiophene rings is 1. The smallest absolute Gasteiger partial charge is 0.0592 e. The molecule has 1 aromatic carbocycles. The van der Waals surface area contributed by atoms with Crippen LogP contribution in [0.1, 0.15) is 18.4 Å². The van der Waals surface area contributed by atoms with Crippen molar-refractivity contribution in [2.45, 2.75) is 25.4 Å². The zero-order valence-electron chi connectivity index (χ0n) is 9.45. The fourth-order valence-corrected chi connectivity index (χ4v) is 3.04. The molecule has 1 aliphatic rings. The average Bonchev–Trinajstić information content (AvgIpc) is 3.08. The molecule has 3 heteroatoms. The Morgan fingerprint density at radius 3 is 2.88 bits per heavy atom. The Bertz CT molecular complexity index is 516. The van der Waals surface area contributed by atoms with Gasteiger partial charge in [0.15, 0.2) is 0 Å². The zero-order chi connectivity index (χ0) is 11.7. The predicted molar refractivity (Wildman–Crippen MR) is 74.6 cm³/mol. The Balaban J connectivity index is 1.80. The van der Waals surface area contributed by atoms with Crippen molar-refractivity contribution in [3.8, 4) is 10.4 Å². The topological polar surface area (TPSA) is 12.0 Å². The number of hydrogen-bond donors (Lipinski definition) is 1. The fraction of sp³-hybridized carbons (Fsp3) is 0.286. The lowest BCUT2D eigenvalue weighted by molar-refractivity contribution is 0.688. The molecule has 1 N–H and O–H groups in total. The molecule has 1 saturated carbocycles. The highest BCUT2D eigenvalue weighted by molar-refractivity contribution is 7.14. The SMILES string of the molecule is Clc1ccsc1-c1cccc(CNC2CC2)c1. The molecule has 1 aliphatic carbocycles. The minimum absolute atomic E-state index is 0.754. The molecule has 0 aliphatic heterocycles. The maximum Gasteiger partial charge on any atom is 0.0592 e. The van der Waals surface area contributed by atoms with Crippen LogP contribution in [-0.4, -0.2) is 6.04 Å². The van der Waals surface area contributed by atoms with E-state index in [9.17, 15) is 0 Å². The van der Waals surface area contributed by atoms with Crippen LogP contribution in [0.25, 0.3) is 10.4 Å². The van der Waals surface area contributed by atoms with Gasteiger partial charge in [-0.1, -0.05) is 29.8 Å². The summed E-state index contributed by atoms with van der Waals surface area (Å²) in [5, 5.41) is 6.41. The van der Waals surface area contributed by atoms with Gasteiger partial charge in [-0.05, 0) is 41.5 Å². The molecule has 0 atom stereocenters. The second-order valence-electron chi connectivity index (χ2n) is 4.45. The monoisotopic (exact) mass is 263 g/mol. The molecule has 1 fully saturated rings. The van der Waals surface area contributed by atoms with Crippen LogP contribution >= 0.6 is 22.9 Å². The molecule has 1 aromatic heterocycles. The molecule has 1 heterocycles. The first-order valence-corrected chi connectivity index (χ1v) is 7.14. The highest BCUT2D eigenvalue weighted by Gasteiger charge is 2.19. The van der Waals surface area contributed by atoms with E-state index in [4.69, 9.17) is 11.6 Å². The van der Waals surface area contributed by atoms with Crippen LogP contribution in [0, 0.1) is 0 Å². The summed E-state index contributed by atoms with van der Waals surface area (Å²) < 4.78 is 0. The lowest BCUT2D eigenvalue weighted by Gasteiger charge is -2.05. The van der Waals surface area contributed by atoms with Gasteiger partial charge in [0.1, 0.15) is 0 Å². The second kappa shape index (κ2) is 4.81. The van der Waals surface area contributed by atoms with Gasteiger partial charge in [-0.2, -0.15) is 0 Å². The molecule has 0 unspecified atom stereocenters.